The van der Waals surface area contributed by atoms with Crippen LogP contribution in [0.25, 0.3) is 22.2 Å². The molecule has 4 heteroatoms. The van der Waals surface area contributed by atoms with E-state index in [1.807, 2.05) is 24.3 Å². The number of aryl methyl sites for hydroxylation is 1. The number of hydrogen-bond acceptors (Lipinski definition) is 2. The Hall–Kier alpha value is -2.98. The molecule has 0 radical (unpaired) electrons. The first kappa shape index (κ1) is 23.2. The minimum Gasteiger partial charge on any atom is -0.345 e. The molecule has 1 amide bonds. The number of halogens is 1. The maximum Gasteiger partial charge on any atom is 0.252 e. The second-order valence-corrected chi connectivity index (χ2v) is 9.75. The highest BCUT2D eigenvalue weighted by atomic mass is 79.9. The van der Waals surface area contributed by atoms with Crippen molar-refractivity contribution in [2.75, 3.05) is 0 Å². The zero-order valence-electron chi connectivity index (χ0n) is 19.5. The first-order valence-electron chi connectivity index (χ1n) is 11.4. The molecular weight excluding hydrogens is 472 g/mol. The summed E-state index contributed by atoms with van der Waals surface area (Å²) < 4.78 is 0.922. The van der Waals surface area contributed by atoms with E-state index in [0.29, 0.717) is 11.5 Å². The lowest BCUT2D eigenvalue weighted by atomic mass is 9.97. The van der Waals surface area contributed by atoms with Crippen LogP contribution < -0.4 is 5.32 Å². The Morgan fingerprint density at radius 1 is 0.939 bits per heavy atom. The fourth-order valence-electron chi connectivity index (χ4n) is 4.03. The molecule has 168 valence electrons. The van der Waals surface area contributed by atoms with E-state index in [1.54, 1.807) is 0 Å². The van der Waals surface area contributed by atoms with Gasteiger partial charge in [-0.1, -0.05) is 90.8 Å². The Labute approximate surface area is 204 Å². The highest BCUT2D eigenvalue weighted by Crippen LogP contribution is 2.29. The molecule has 1 atom stereocenters. The highest BCUT2D eigenvalue weighted by molar-refractivity contribution is 9.10. The van der Waals surface area contributed by atoms with Gasteiger partial charge in [-0.3, -0.25) is 4.79 Å². The number of aromatic nitrogens is 1. The van der Waals surface area contributed by atoms with Gasteiger partial charge in [0.1, 0.15) is 0 Å². The van der Waals surface area contributed by atoms with Crippen molar-refractivity contribution in [3.05, 3.63) is 99.5 Å². The normalized spacial score (nSPS) is 12.2. The van der Waals surface area contributed by atoms with Crippen molar-refractivity contribution < 1.29 is 4.79 Å². The Morgan fingerprint density at radius 3 is 2.24 bits per heavy atom. The van der Waals surface area contributed by atoms with Crippen molar-refractivity contribution in [3.63, 3.8) is 0 Å². The van der Waals surface area contributed by atoms with E-state index in [2.05, 4.69) is 97.5 Å². The van der Waals surface area contributed by atoms with Crippen LogP contribution in [0, 0.1) is 6.92 Å². The molecule has 0 saturated carbocycles. The molecule has 0 aliphatic heterocycles. The van der Waals surface area contributed by atoms with Gasteiger partial charge in [0.25, 0.3) is 5.91 Å². The number of carbonyl (C=O) groups is 1. The van der Waals surface area contributed by atoms with Gasteiger partial charge in [-0.15, -0.1) is 0 Å². The number of amides is 1. The molecule has 1 heterocycles. The van der Waals surface area contributed by atoms with Gasteiger partial charge in [-0.25, -0.2) is 4.98 Å². The van der Waals surface area contributed by atoms with Crippen LogP contribution in [0.4, 0.5) is 0 Å². The first-order valence-corrected chi connectivity index (χ1v) is 12.2. The molecule has 3 nitrogen and oxygen atoms in total. The van der Waals surface area contributed by atoms with Gasteiger partial charge >= 0.3 is 0 Å². The molecule has 0 bridgehead atoms. The van der Waals surface area contributed by atoms with Crippen molar-refractivity contribution in [1.29, 1.82) is 0 Å². The molecule has 0 aliphatic carbocycles. The summed E-state index contributed by atoms with van der Waals surface area (Å²) in [6.07, 6.45) is 0.810. The molecular formula is C29H29BrN2O. The van der Waals surface area contributed by atoms with Crippen molar-refractivity contribution in [2.45, 2.75) is 46.1 Å². The highest BCUT2D eigenvalue weighted by Gasteiger charge is 2.19. The monoisotopic (exact) mass is 500 g/mol. The lowest BCUT2D eigenvalue weighted by Gasteiger charge is -2.19. The van der Waals surface area contributed by atoms with Crippen molar-refractivity contribution >= 4 is 32.7 Å². The number of benzene rings is 3. The molecule has 4 aromatic rings. The van der Waals surface area contributed by atoms with E-state index in [-0.39, 0.29) is 11.9 Å². The topological polar surface area (TPSA) is 42.0 Å². The average Bonchev–Trinajstić information content (AvgIpc) is 2.82. The third-order valence-corrected chi connectivity index (χ3v) is 6.58. The van der Waals surface area contributed by atoms with Gasteiger partial charge in [-0.2, -0.15) is 0 Å². The third-order valence-electron chi connectivity index (χ3n) is 6.08. The van der Waals surface area contributed by atoms with Crippen LogP contribution in [-0.2, 0) is 0 Å². The summed E-state index contributed by atoms with van der Waals surface area (Å²) in [5.41, 5.74) is 6.84. The molecule has 3 aromatic carbocycles. The van der Waals surface area contributed by atoms with Crippen LogP contribution in [0.15, 0.2) is 77.3 Å². The number of carbonyl (C=O) groups excluding carboxylic acids is 1. The number of fused-ring (bicyclic) bond motifs is 1. The number of nitrogens with one attached hydrogen (secondary N) is 1. The Balaban J connectivity index is 1.72. The van der Waals surface area contributed by atoms with E-state index in [0.717, 1.165) is 38.6 Å². The van der Waals surface area contributed by atoms with E-state index in [1.165, 1.54) is 11.1 Å². The molecule has 4 rings (SSSR count). The van der Waals surface area contributed by atoms with Crippen molar-refractivity contribution in [3.8, 4) is 11.3 Å². The van der Waals surface area contributed by atoms with Crippen LogP contribution in [-0.4, -0.2) is 10.9 Å². The third kappa shape index (κ3) is 5.17. The molecule has 0 aliphatic rings. The maximum absolute atomic E-state index is 13.6. The van der Waals surface area contributed by atoms with Gasteiger partial charge in [0.15, 0.2) is 0 Å². The second kappa shape index (κ2) is 9.88. The van der Waals surface area contributed by atoms with Crippen molar-refractivity contribution in [2.24, 2.45) is 0 Å². The molecule has 1 aromatic heterocycles. The number of hydrogen-bond donors (Lipinski definition) is 1. The molecule has 33 heavy (non-hydrogen) atoms. The maximum atomic E-state index is 13.6. The minimum atomic E-state index is -0.0892. The second-order valence-electron chi connectivity index (χ2n) is 8.84. The summed E-state index contributed by atoms with van der Waals surface area (Å²) in [4.78, 5) is 18.4. The predicted octanol–water partition coefficient (Wildman–Crippen LogP) is 7.98. The Kier molecular flexibility index (Phi) is 6.94. The number of rotatable bonds is 6. The molecule has 0 spiro atoms. The summed E-state index contributed by atoms with van der Waals surface area (Å²) in [5, 5.41) is 4.10. The molecule has 0 saturated heterocycles. The molecule has 0 unspecified atom stereocenters. The Morgan fingerprint density at radius 2 is 1.61 bits per heavy atom. The van der Waals surface area contributed by atoms with Crippen LogP contribution in [0.2, 0.25) is 0 Å². The summed E-state index contributed by atoms with van der Waals surface area (Å²) in [7, 11) is 0. The predicted molar refractivity (Wildman–Crippen MR) is 141 cm³/mol. The summed E-state index contributed by atoms with van der Waals surface area (Å²) in [5.74, 6) is 0.393. The van der Waals surface area contributed by atoms with Gasteiger partial charge in [0, 0.05) is 15.4 Å². The summed E-state index contributed by atoms with van der Waals surface area (Å²) in [6, 6.07) is 24.5. The quantitative estimate of drug-likeness (QED) is 0.291. The van der Waals surface area contributed by atoms with E-state index < -0.39 is 0 Å². The lowest BCUT2D eigenvalue weighted by Crippen LogP contribution is -2.28. The van der Waals surface area contributed by atoms with Crippen LogP contribution in [0.5, 0.6) is 0 Å². The standard InChI is InChI=1S/C29H29BrN2O/c1-5-26(21-12-10-20(11-13-21)18(2)3)32-29(33)25-17-28(22-8-6-19(4)7-9-22)31-27-15-14-23(30)16-24(25)27/h6-18,26H,5H2,1-4H3,(H,32,33)/t26-/m0/s1. The zero-order chi connectivity index (χ0) is 23.5. The zero-order valence-corrected chi connectivity index (χ0v) is 21.1. The summed E-state index contributed by atoms with van der Waals surface area (Å²) >= 11 is 3.55. The first-order chi connectivity index (χ1) is 15.9. The largest absolute Gasteiger partial charge is 0.345 e. The van der Waals surface area contributed by atoms with Gasteiger partial charge < -0.3 is 5.32 Å². The lowest BCUT2D eigenvalue weighted by molar-refractivity contribution is 0.0937. The van der Waals surface area contributed by atoms with Gasteiger partial charge in [-0.05, 0) is 54.7 Å². The Bertz CT molecular complexity index is 1280. The summed E-state index contributed by atoms with van der Waals surface area (Å²) in [6.45, 7) is 8.53. The van der Waals surface area contributed by atoms with E-state index >= 15 is 0 Å². The van der Waals surface area contributed by atoms with E-state index in [4.69, 9.17) is 4.98 Å². The minimum absolute atomic E-state index is 0.0584. The van der Waals surface area contributed by atoms with E-state index in [9.17, 15) is 4.79 Å². The van der Waals surface area contributed by atoms with Crippen molar-refractivity contribution in [1.82, 2.24) is 10.3 Å². The SMILES string of the molecule is CC[C@H](NC(=O)c1cc(-c2ccc(C)cc2)nc2ccc(Br)cc12)c1ccc(C(C)C)cc1. The van der Waals surface area contributed by atoms with Crippen LogP contribution in [0.3, 0.4) is 0 Å². The average molecular weight is 501 g/mol. The van der Waals surface area contributed by atoms with Gasteiger partial charge in [0.05, 0.1) is 22.8 Å². The van der Waals surface area contributed by atoms with Gasteiger partial charge in [0.2, 0.25) is 0 Å². The fraction of sp³-hybridized carbons (Fsp3) is 0.241. The molecule has 0 fully saturated rings. The smallest absolute Gasteiger partial charge is 0.252 e. The number of pyridine rings is 1. The number of nitrogens with zero attached hydrogens (tertiary/aromatic N) is 1. The van der Waals surface area contributed by atoms with Crippen LogP contribution in [0.1, 0.15) is 66.2 Å². The fourth-order valence-corrected chi connectivity index (χ4v) is 4.39. The van der Waals surface area contributed by atoms with Crippen LogP contribution >= 0.6 is 15.9 Å². The molecule has 1 N–H and O–H groups in total.